The van der Waals surface area contributed by atoms with Crippen LogP contribution < -0.4 is 5.32 Å². The van der Waals surface area contributed by atoms with Gasteiger partial charge in [-0.3, -0.25) is 0 Å². The Morgan fingerprint density at radius 3 is 2.79 bits per heavy atom. The maximum atomic E-state index is 8.59. The number of anilines is 1. The fraction of sp³-hybridized carbons (Fsp3) is 0.500. The van der Waals surface area contributed by atoms with E-state index in [0.29, 0.717) is 5.82 Å². The molecule has 0 aliphatic rings. The lowest BCUT2D eigenvalue weighted by atomic mass is 9.97. The molecule has 0 spiro atoms. The molecule has 74 valence electrons. The Kier molecular flexibility index (Phi) is 3.03. The highest BCUT2D eigenvalue weighted by Crippen LogP contribution is 2.13. The van der Waals surface area contributed by atoms with Gasteiger partial charge in [0.25, 0.3) is 0 Å². The van der Waals surface area contributed by atoms with Crippen LogP contribution in [-0.4, -0.2) is 16.5 Å². The third-order valence-corrected chi connectivity index (χ3v) is 1.56. The Morgan fingerprint density at radius 2 is 2.21 bits per heavy atom. The molecule has 4 nitrogen and oxygen atoms in total. The van der Waals surface area contributed by atoms with E-state index >= 15 is 0 Å². The maximum absolute atomic E-state index is 8.59. The number of nitrogens with one attached hydrogen (secondary N) is 1. The molecule has 0 bridgehead atoms. The van der Waals surface area contributed by atoms with Crippen LogP contribution in [0.5, 0.6) is 0 Å². The fourth-order valence-electron chi connectivity index (χ4n) is 0.867. The van der Waals surface area contributed by atoms with Crippen LogP contribution in [0.25, 0.3) is 0 Å². The molecule has 0 aromatic carbocycles. The molecule has 1 N–H and O–H groups in total. The molecule has 0 aliphatic carbocycles. The van der Waals surface area contributed by atoms with Crippen LogP contribution in [0.2, 0.25) is 0 Å². The monoisotopic (exact) mass is 190 g/mol. The molecule has 0 atom stereocenters. The van der Waals surface area contributed by atoms with Gasteiger partial charge in [0.05, 0.1) is 0 Å². The number of aromatic nitrogens is 2. The Balaban J connectivity index is 2.65. The zero-order chi connectivity index (χ0) is 10.6. The zero-order valence-corrected chi connectivity index (χ0v) is 8.70. The summed E-state index contributed by atoms with van der Waals surface area (Å²) in [5, 5.41) is 11.7. The maximum Gasteiger partial charge on any atom is 0.234 e. The first-order chi connectivity index (χ1) is 6.51. The Morgan fingerprint density at radius 1 is 1.50 bits per heavy atom. The lowest BCUT2D eigenvalue weighted by Crippen LogP contribution is -2.19. The van der Waals surface area contributed by atoms with Crippen molar-refractivity contribution in [1.29, 1.82) is 5.26 Å². The summed E-state index contributed by atoms with van der Waals surface area (Å²) in [5.74, 6) is 0.899. The van der Waals surface area contributed by atoms with Gasteiger partial charge >= 0.3 is 0 Å². The van der Waals surface area contributed by atoms with Crippen molar-refractivity contribution in [3.8, 4) is 6.07 Å². The number of rotatable bonds is 2. The second-order valence-electron chi connectivity index (χ2n) is 4.29. The van der Waals surface area contributed by atoms with Gasteiger partial charge in [-0.05, 0) is 11.5 Å². The standard InChI is InChI=1S/C10H14N4/c1-10(2,3)7-13-8-4-5-12-9(6-11)14-8/h4-5H,7H2,1-3H3,(H,12,13,14). The summed E-state index contributed by atoms with van der Waals surface area (Å²) in [6, 6.07) is 3.66. The minimum Gasteiger partial charge on any atom is -0.369 e. The van der Waals surface area contributed by atoms with Gasteiger partial charge in [0.2, 0.25) is 5.82 Å². The smallest absolute Gasteiger partial charge is 0.234 e. The molecule has 4 heteroatoms. The molecule has 0 saturated heterocycles. The van der Waals surface area contributed by atoms with Crippen molar-refractivity contribution in [2.45, 2.75) is 20.8 Å². The Bertz CT molecular complexity index is 346. The highest BCUT2D eigenvalue weighted by molar-refractivity contribution is 5.35. The van der Waals surface area contributed by atoms with E-state index in [-0.39, 0.29) is 11.2 Å². The molecule has 0 saturated carbocycles. The van der Waals surface area contributed by atoms with Gasteiger partial charge in [0.15, 0.2) is 0 Å². The summed E-state index contributed by atoms with van der Waals surface area (Å²) in [6.45, 7) is 7.21. The van der Waals surface area contributed by atoms with Crippen LogP contribution in [0.1, 0.15) is 26.6 Å². The van der Waals surface area contributed by atoms with Crippen LogP contribution in [0.4, 0.5) is 5.82 Å². The van der Waals surface area contributed by atoms with E-state index in [1.165, 1.54) is 0 Å². The summed E-state index contributed by atoms with van der Waals surface area (Å²) >= 11 is 0. The number of hydrogen-bond donors (Lipinski definition) is 1. The van der Waals surface area contributed by atoms with E-state index in [2.05, 4.69) is 36.1 Å². The lowest BCUT2D eigenvalue weighted by Gasteiger charge is -2.18. The molecule has 1 rings (SSSR count). The zero-order valence-electron chi connectivity index (χ0n) is 8.70. The average Bonchev–Trinajstić information content (AvgIpc) is 2.14. The van der Waals surface area contributed by atoms with Crippen LogP contribution >= 0.6 is 0 Å². The van der Waals surface area contributed by atoms with Crippen LogP contribution in [0.15, 0.2) is 12.3 Å². The van der Waals surface area contributed by atoms with Gasteiger partial charge < -0.3 is 5.32 Å². The van der Waals surface area contributed by atoms with Crippen LogP contribution in [-0.2, 0) is 0 Å². The molecule has 0 unspecified atom stereocenters. The number of nitriles is 1. The van der Waals surface area contributed by atoms with Gasteiger partial charge in [-0.1, -0.05) is 20.8 Å². The molecule has 0 radical (unpaired) electrons. The van der Waals surface area contributed by atoms with Gasteiger partial charge in [-0.2, -0.15) is 5.26 Å². The van der Waals surface area contributed by atoms with Crippen molar-refractivity contribution in [2.75, 3.05) is 11.9 Å². The third-order valence-electron chi connectivity index (χ3n) is 1.56. The van der Waals surface area contributed by atoms with Crippen LogP contribution in [0, 0.1) is 16.7 Å². The second kappa shape index (κ2) is 4.05. The molecule has 0 amide bonds. The van der Waals surface area contributed by atoms with Gasteiger partial charge in [0.1, 0.15) is 11.9 Å². The molecular weight excluding hydrogens is 176 g/mol. The normalized spacial score (nSPS) is 10.7. The fourth-order valence-corrected chi connectivity index (χ4v) is 0.867. The summed E-state index contributed by atoms with van der Waals surface area (Å²) in [5.41, 5.74) is 0.192. The van der Waals surface area contributed by atoms with E-state index in [4.69, 9.17) is 5.26 Å². The molecular formula is C10H14N4. The van der Waals surface area contributed by atoms with Gasteiger partial charge in [-0.25, -0.2) is 9.97 Å². The summed E-state index contributed by atoms with van der Waals surface area (Å²) < 4.78 is 0. The van der Waals surface area contributed by atoms with E-state index in [1.54, 1.807) is 12.3 Å². The minimum atomic E-state index is 0.192. The first-order valence-electron chi connectivity index (χ1n) is 4.48. The Hall–Kier alpha value is -1.63. The van der Waals surface area contributed by atoms with E-state index in [1.807, 2.05) is 6.07 Å². The van der Waals surface area contributed by atoms with E-state index in [9.17, 15) is 0 Å². The predicted molar refractivity (Wildman–Crippen MR) is 54.7 cm³/mol. The lowest BCUT2D eigenvalue weighted by molar-refractivity contribution is 0.442. The van der Waals surface area contributed by atoms with Crippen molar-refractivity contribution >= 4 is 5.82 Å². The molecule has 0 fully saturated rings. The topological polar surface area (TPSA) is 61.6 Å². The van der Waals surface area contributed by atoms with Crippen LogP contribution in [0.3, 0.4) is 0 Å². The third kappa shape index (κ3) is 3.40. The molecule has 1 heterocycles. The van der Waals surface area contributed by atoms with Crippen molar-refractivity contribution < 1.29 is 0 Å². The van der Waals surface area contributed by atoms with Crippen molar-refractivity contribution in [3.63, 3.8) is 0 Å². The minimum absolute atomic E-state index is 0.192. The van der Waals surface area contributed by atoms with E-state index < -0.39 is 0 Å². The first kappa shape index (κ1) is 10.5. The molecule has 1 aromatic heterocycles. The van der Waals surface area contributed by atoms with Crippen molar-refractivity contribution in [1.82, 2.24) is 9.97 Å². The Labute approximate surface area is 84.0 Å². The van der Waals surface area contributed by atoms with Crippen molar-refractivity contribution in [2.24, 2.45) is 5.41 Å². The summed E-state index contributed by atoms with van der Waals surface area (Å²) in [4.78, 5) is 7.80. The second-order valence-corrected chi connectivity index (χ2v) is 4.29. The van der Waals surface area contributed by atoms with E-state index in [0.717, 1.165) is 6.54 Å². The van der Waals surface area contributed by atoms with Gasteiger partial charge in [-0.15, -0.1) is 0 Å². The predicted octanol–water partition coefficient (Wildman–Crippen LogP) is 1.81. The average molecular weight is 190 g/mol. The summed E-state index contributed by atoms with van der Waals surface area (Å²) in [7, 11) is 0. The van der Waals surface area contributed by atoms with Gasteiger partial charge in [0, 0.05) is 12.7 Å². The largest absolute Gasteiger partial charge is 0.369 e. The quantitative estimate of drug-likeness (QED) is 0.772. The van der Waals surface area contributed by atoms with Crippen molar-refractivity contribution in [3.05, 3.63) is 18.1 Å². The summed E-state index contributed by atoms with van der Waals surface area (Å²) in [6.07, 6.45) is 1.58. The number of hydrogen-bond acceptors (Lipinski definition) is 4. The molecule has 1 aromatic rings. The highest BCUT2D eigenvalue weighted by atomic mass is 15.0. The first-order valence-corrected chi connectivity index (χ1v) is 4.48. The molecule has 14 heavy (non-hydrogen) atoms. The molecule has 0 aliphatic heterocycles. The highest BCUT2D eigenvalue weighted by Gasteiger charge is 2.09. The number of nitrogens with zero attached hydrogens (tertiary/aromatic N) is 3. The SMILES string of the molecule is CC(C)(C)CNc1ccnc(C#N)n1.